The van der Waals surface area contributed by atoms with Crippen molar-refractivity contribution in [2.75, 3.05) is 11.4 Å². The second-order valence-electron chi connectivity index (χ2n) is 8.85. The monoisotopic (exact) mass is 437 g/mol. The van der Waals surface area contributed by atoms with Gasteiger partial charge in [-0.2, -0.15) is 0 Å². The van der Waals surface area contributed by atoms with Crippen LogP contribution in [0.4, 0.5) is 5.69 Å². The number of carboxylic acid groups (broad SMARTS) is 1. The topological polar surface area (TPSA) is 40.5 Å². The van der Waals surface area contributed by atoms with Gasteiger partial charge in [-0.25, -0.2) is 4.79 Å². The first-order valence-corrected chi connectivity index (χ1v) is 11.2. The van der Waals surface area contributed by atoms with Gasteiger partial charge in [0.1, 0.15) is 0 Å². The van der Waals surface area contributed by atoms with Gasteiger partial charge in [-0.1, -0.05) is 59.6 Å². The van der Waals surface area contributed by atoms with E-state index in [9.17, 15) is 9.90 Å². The first kappa shape index (κ1) is 18.5. The molecule has 30 heavy (non-hydrogen) atoms. The number of allylic oxidation sites excluding steroid dienone is 4. The van der Waals surface area contributed by atoms with Gasteiger partial charge in [0.15, 0.2) is 0 Å². The maximum Gasteiger partial charge on any atom is 0.335 e. The summed E-state index contributed by atoms with van der Waals surface area (Å²) in [5, 5.41) is 11.0. The van der Waals surface area contributed by atoms with Crippen molar-refractivity contribution in [1.82, 2.24) is 0 Å². The van der Waals surface area contributed by atoms with Crippen LogP contribution in [0.15, 0.2) is 54.6 Å². The highest BCUT2D eigenvalue weighted by atomic mass is 35.5. The van der Waals surface area contributed by atoms with Crippen LogP contribution in [-0.2, 0) is 0 Å². The molecular formula is C25H21Cl2NO2. The fourth-order valence-corrected chi connectivity index (χ4v) is 6.62. The largest absolute Gasteiger partial charge is 0.478 e. The molecule has 0 spiro atoms. The summed E-state index contributed by atoms with van der Waals surface area (Å²) in [4.78, 5) is 14.4. The van der Waals surface area contributed by atoms with Crippen LogP contribution in [0.5, 0.6) is 0 Å². The van der Waals surface area contributed by atoms with Gasteiger partial charge in [0.05, 0.1) is 21.7 Å². The molecule has 0 saturated heterocycles. The van der Waals surface area contributed by atoms with E-state index in [0.29, 0.717) is 27.4 Å². The number of carboxylic acids is 1. The van der Waals surface area contributed by atoms with E-state index in [-0.39, 0.29) is 17.9 Å². The zero-order chi connectivity index (χ0) is 20.6. The highest BCUT2D eigenvalue weighted by Gasteiger charge is 2.48. The Bertz CT molecular complexity index is 1120. The van der Waals surface area contributed by atoms with Gasteiger partial charge in [-0.3, -0.25) is 0 Å². The maximum atomic E-state index is 11.9. The second kappa shape index (κ2) is 6.63. The fraction of sp³-hybridized carbons (Fsp3) is 0.320. The van der Waals surface area contributed by atoms with E-state index < -0.39 is 5.97 Å². The van der Waals surface area contributed by atoms with Crippen molar-refractivity contribution in [3.8, 4) is 0 Å². The third-order valence-electron chi connectivity index (χ3n) is 7.40. The van der Waals surface area contributed by atoms with E-state index in [1.54, 1.807) is 0 Å². The number of fused-ring (bicyclic) bond motifs is 4. The minimum atomic E-state index is -0.858. The Hall–Kier alpha value is -2.23. The predicted molar refractivity (Wildman–Crippen MR) is 120 cm³/mol. The molecule has 2 aliphatic carbocycles. The van der Waals surface area contributed by atoms with E-state index in [4.69, 9.17) is 23.2 Å². The standard InChI is InChI=1S/C25H21Cl2NO2/c26-21-9-3-8-18(22(21)27)23-17-7-2-6-16(17)20-11-14(25(29)30)10-19-15-5-1-4-13(15)12-28(23)24(19)20/h1-3,5-6,8-11,13,15-17,23H,4,7,12H2,(H,29,30). The normalized spacial score (nSPS) is 30.2. The summed E-state index contributed by atoms with van der Waals surface area (Å²) in [6.07, 6.45) is 11.0. The molecule has 2 aromatic rings. The summed E-state index contributed by atoms with van der Waals surface area (Å²) >= 11 is 13.1. The third kappa shape index (κ3) is 2.48. The van der Waals surface area contributed by atoms with E-state index in [2.05, 4.69) is 35.3 Å². The average Bonchev–Trinajstić information content (AvgIpc) is 3.40. The highest BCUT2D eigenvalue weighted by Crippen LogP contribution is 2.59. The molecule has 5 unspecified atom stereocenters. The van der Waals surface area contributed by atoms with Gasteiger partial charge < -0.3 is 10.0 Å². The van der Waals surface area contributed by atoms with Crippen LogP contribution >= 0.6 is 23.2 Å². The highest BCUT2D eigenvalue weighted by molar-refractivity contribution is 6.42. The molecule has 1 N–H and O–H groups in total. The lowest BCUT2D eigenvalue weighted by molar-refractivity contribution is 0.0696. The molecule has 6 rings (SSSR count). The van der Waals surface area contributed by atoms with Crippen molar-refractivity contribution in [3.05, 3.63) is 86.9 Å². The molecule has 0 radical (unpaired) electrons. The Morgan fingerprint density at radius 1 is 1.00 bits per heavy atom. The number of benzene rings is 2. The molecule has 5 atom stereocenters. The molecule has 2 aliphatic heterocycles. The van der Waals surface area contributed by atoms with E-state index in [1.807, 2.05) is 24.3 Å². The number of halogens is 2. The Balaban J connectivity index is 1.62. The number of anilines is 1. The Morgan fingerprint density at radius 3 is 2.53 bits per heavy atom. The number of nitrogens with zero attached hydrogens (tertiary/aromatic N) is 1. The lowest BCUT2D eigenvalue weighted by Gasteiger charge is -2.51. The van der Waals surface area contributed by atoms with Crippen LogP contribution < -0.4 is 4.90 Å². The van der Waals surface area contributed by atoms with E-state index in [0.717, 1.165) is 36.1 Å². The summed E-state index contributed by atoms with van der Waals surface area (Å²) in [7, 11) is 0. The van der Waals surface area contributed by atoms with Crippen LogP contribution in [0, 0.1) is 11.8 Å². The quantitative estimate of drug-likeness (QED) is 0.538. The maximum absolute atomic E-state index is 11.9. The zero-order valence-corrected chi connectivity index (χ0v) is 17.8. The molecule has 152 valence electrons. The van der Waals surface area contributed by atoms with Crippen molar-refractivity contribution in [1.29, 1.82) is 0 Å². The lowest BCUT2D eigenvalue weighted by Crippen LogP contribution is -2.46. The van der Waals surface area contributed by atoms with E-state index >= 15 is 0 Å². The molecule has 2 heterocycles. The number of aromatic carboxylic acids is 1. The van der Waals surface area contributed by atoms with Crippen molar-refractivity contribution in [2.45, 2.75) is 30.7 Å². The number of rotatable bonds is 2. The van der Waals surface area contributed by atoms with Crippen molar-refractivity contribution < 1.29 is 9.90 Å². The Labute approximate surface area is 185 Å². The molecular weight excluding hydrogens is 417 g/mol. The summed E-state index contributed by atoms with van der Waals surface area (Å²) in [5.41, 5.74) is 4.98. The SMILES string of the molecule is O=C(O)c1cc2c3c(c1)C1C=CCC1C(c1cccc(Cl)c1Cl)N3CC1CC=CC21. The molecule has 5 heteroatoms. The van der Waals surface area contributed by atoms with Gasteiger partial charge in [0.25, 0.3) is 0 Å². The summed E-state index contributed by atoms with van der Waals surface area (Å²) in [6.45, 7) is 0.945. The molecule has 2 aromatic carbocycles. The third-order valence-corrected chi connectivity index (χ3v) is 8.23. The molecule has 0 bridgehead atoms. The van der Waals surface area contributed by atoms with Gasteiger partial charge in [-0.05, 0) is 59.6 Å². The first-order valence-electron chi connectivity index (χ1n) is 10.5. The molecule has 0 amide bonds. The smallest absolute Gasteiger partial charge is 0.335 e. The Morgan fingerprint density at radius 2 is 1.73 bits per heavy atom. The van der Waals surface area contributed by atoms with Crippen LogP contribution in [0.3, 0.4) is 0 Å². The number of hydrogen-bond acceptors (Lipinski definition) is 2. The molecule has 0 fully saturated rings. The Kier molecular flexibility index (Phi) is 4.10. The average molecular weight is 438 g/mol. The van der Waals surface area contributed by atoms with E-state index in [1.165, 1.54) is 5.69 Å². The van der Waals surface area contributed by atoms with Gasteiger partial charge in [0, 0.05) is 24.1 Å². The molecule has 3 nitrogen and oxygen atoms in total. The molecule has 0 aromatic heterocycles. The summed E-state index contributed by atoms with van der Waals surface area (Å²) in [5.74, 6) is 0.392. The van der Waals surface area contributed by atoms with Crippen LogP contribution in [-0.4, -0.2) is 17.6 Å². The summed E-state index contributed by atoms with van der Waals surface area (Å²) in [6, 6.07) is 9.84. The van der Waals surface area contributed by atoms with Crippen molar-refractivity contribution in [3.63, 3.8) is 0 Å². The lowest BCUT2D eigenvalue weighted by atomic mass is 9.70. The first-order chi connectivity index (χ1) is 14.5. The van der Waals surface area contributed by atoms with Gasteiger partial charge >= 0.3 is 5.97 Å². The van der Waals surface area contributed by atoms with Crippen LogP contribution in [0.1, 0.15) is 57.8 Å². The fourth-order valence-electron chi connectivity index (χ4n) is 6.20. The van der Waals surface area contributed by atoms with Crippen LogP contribution in [0.25, 0.3) is 0 Å². The van der Waals surface area contributed by atoms with Crippen molar-refractivity contribution in [2.24, 2.45) is 11.8 Å². The predicted octanol–water partition coefficient (Wildman–Crippen LogP) is 6.59. The van der Waals surface area contributed by atoms with Crippen molar-refractivity contribution >= 4 is 34.9 Å². The number of hydrogen-bond donors (Lipinski definition) is 1. The summed E-state index contributed by atoms with van der Waals surface area (Å²) < 4.78 is 0. The van der Waals surface area contributed by atoms with Gasteiger partial charge in [0.2, 0.25) is 0 Å². The number of carbonyl (C=O) groups is 1. The van der Waals surface area contributed by atoms with Gasteiger partial charge in [-0.15, -0.1) is 0 Å². The second-order valence-corrected chi connectivity index (χ2v) is 9.64. The minimum absolute atomic E-state index is 0.125. The minimum Gasteiger partial charge on any atom is -0.478 e. The molecule has 0 saturated carbocycles. The molecule has 4 aliphatic rings. The zero-order valence-electron chi connectivity index (χ0n) is 16.3. The van der Waals surface area contributed by atoms with Crippen LogP contribution in [0.2, 0.25) is 10.0 Å².